The average Bonchev–Trinajstić information content (AvgIpc) is 2.66. The van der Waals surface area contributed by atoms with Crippen LogP contribution in [0.2, 0.25) is 0 Å². The van der Waals surface area contributed by atoms with Crippen LogP contribution < -0.4 is 0 Å². The van der Waals surface area contributed by atoms with Gasteiger partial charge < -0.3 is 9.47 Å². The van der Waals surface area contributed by atoms with Gasteiger partial charge in [-0.1, -0.05) is 42.1 Å². The van der Waals surface area contributed by atoms with Gasteiger partial charge in [-0.3, -0.25) is 4.79 Å². The molecule has 0 spiro atoms. The number of allylic oxidation sites excluding steroid dienone is 1. The zero-order chi connectivity index (χ0) is 19.8. The largest absolute Gasteiger partial charge is 0.465 e. The minimum Gasteiger partial charge on any atom is -0.465 e. The quantitative estimate of drug-likeness (QED) is 0.696. The van der Waals surface area contributed by atoms with Gasteiger partial charge in [0.25, 0.3) is 0 Å². The van der Waals surface area contributed by atoms with Crippen LogP contribution in [0.5, 0.6) is 0 Å². The molecular weight excluding hydrogens is 364 g/mol. The van der Waals surface area contributed by atoms with E-state index in [2.05, 4.69) is 11.1 Å². The molecule has 1 unspecified atom stereocenters. The molecule has 1 heterocycles. The Kier molecular flexibility index (Phi) is 7.62. The monoisotopic (exact) mass is 386 g/mol. The summed E-state index contributed by atoms with van der Waals surface area (Å²) in [7, 11) is 0. The highest BCUT2D eigenvalue weighted by Gasteiger charge is 2.39. The van der Waals surface area contributed by atoms with Gasteiger partial charge in [-0.25, -0.2) is 9.79 Å². The van der Waals surface area contributed by atoms with Crippen molar-refractivity contribution in [2.75, 3.05) is 19.0 Å². The molecular formula is C20H22N2O4S. The van der Waals surface area contributed by atoms with Crippen molar-refractivity contribution in [2.45, 2.75) is 26.7 Å². The number of thioether (sulfide) groups is 1. The predicted octanol–water partition coefficient (Wildman–Crippen LogP) is 3.46. The van der Waals surface area contributed by atoms with E-state index >= 15 is 0 Å². The molecule has 6 nitrogen and oxygen atoms in total. The first-order valence-corrected chi connectivity index (χ1v) is 9.71. The summed E-state index contributed by atoms with van der Waals surface area (Å²) < 4.78 is 10.2. The van der Waals surface area contributed by atoms with E-state index in [0.717, 1.165) is 5.56 Å². The second-order valence-electron chi connectivity index (χ2n) is 5.76. The fourth-order valence-electron chi connectivity index (χ4n) is 2.92. The summed E-state index contributed by atoms with van der Waals surface area (Å²) >= 11 is 1.17. The Bertz CT molecular complexity index is 796. The number of esters is 2. The van der Waals surface area contributed by atoms with E-state index in [0.29, 0.717) is 22.9 Å². The van der Waals surface area contributed by atoms with Crippen molar-refractivity contribution < 1.29 is 19.1 Å². The molecule has 0 bridgehead atoms. The number of nitrogens with zero attached hydrogens (tertiary/aromatic N) is 2. The van der Waals surface area contributed by atoms with Crippen molar-refractivity contribution in [1.82, 2.24) is 0 Å². The van der Waals surface area contributed by atoms with Crippen LogP contribution in [-0.4, -0.2) is 35.9 Å². The molecule has 0 N–H and O–H groups in total. The Balaban J connectivity index is 2.45. The lowest BCUT2D eigenvalue weighted by molar-refractivity contribution is -0.140. The zero-order valence-electron chi connectivity index (χ0n) is 15.6. The van der Waals surface area contributed by atoms with Crippen molar-refractivity contribution in [3.8, 4) is 6.07 Å². The molecule has 0 aliphatic carbocycles. The molecule has 1 aromatic rings. The van der Waals surface area contributed by atoms with E-state index < -0.39 is 17.8 Å². The van der Waals surface area contributed by atoms with Gasteiger partial charge in [0.1, 0.15) is 5.92 Å². The van der Waals surface area contributed by atoms with Crippen molar-refractivity contribution in [3.05, 3.63) is 47.2 Å². The van der Waals surface area contributed by atoms with Gasteiger partial charge in [0.05, 0.1) is 35.7 Å². The smallest absolute Gasteiger partial charge is 0.336 e. The van der Waals surface area contributed by atoms with Crippen LogP contribution in [0.1, 0.15) is 32.3 Å². The van der Waals surface area contributed by atoms with Gasteiger partial charge >= 0.3 is 11.9 Å². The molecule has 0 radical (unpaired) electrons. The summed E-state index contributed by atoms with van der Waals surface area (Å²) in [6.45, 7) is 5.73. The zero-order valence-corrected chi connectivity index (χ0v) is 16.4. The molecule has 0 aromatic heterocycles. The number of nitriles is 1. The third-order valence-corrected chi connectivity index (χ3v) is 5.04. The number of aliphatic imine (C=N–C) groups is 1. The van der Waals surface area contributed by atoms with Gasteiger partial charge in [-0.15, -0.1) is 0 Å². The SMILES string of the molecule is CCOC(=O)CSC1=NC(C)=C(C(=O)OCC)[C@H](c2ccccc2)C1C#N. The molecule has 1 aliphatic heterocycles. The fraction of sp³-hybridized carbons (Fsp3) is 0.400. The first kappa shape index (κ1) is 20.7. The molecule has 1 aromatic carbocycles. The highest BCUT2D eigenvalue weighted by Crippen LogP contribution is 2.41. The van der Waals surface area contributed by atoms with Crippen LogP contribution >= 0.6 is 11.8 Å². The summed E-state index contributed by atoms with van der Waals surface area (Å²) in [5, 5.41) is 10.3. The molecule has 142 valence electrons. The topological polar surface area (TPSA) is 88.8 Å². The van der Waals surface area contributed by atoms with Crippen LogP contribution in [0.25, 0.3) is 0 Å². The average molecular weight is 386 g/mol. The van der Waals surface area contributed by atoms with E-state index in [1.54, 1.807) is 20.8 Å². The Labute approximate surface area is 163 Å². The van der Waals surface area contributed by atoms with Gasteiger partial charge in [-0.2, -0.15) is 5.26 Å². The van der Waals surface area contributed by atoms with Crippen LogP contribution in [-0.2, 0) is 19.1 Å². The van der Waals surface area contributed by atoms with Crippen LogP contribution in [0.3, 0.4) is 0 Å². The second kappa shape index (κ2) is 9.93. The normalized spacial score (nSPS) is 19.1. The van der Waals surface area contributed by atoms with Crippen molar-refractivity contribution in [2.24, 2.45) is 10.9 Å². The fourth-order valence-corrected chi connectivity index (χ4v) is 3.84. The van der Waals surface area contributed by atoms with Gasteiger partial charge in [0, 0.05) is 11.6 Å². The van der Waals surface area contributed by atoms with Crippen LogP contribution in [0, 0.1) is 17.2 Å². The highest BCUT2D eigenvalue weighted by molar-refractivity contribution is 8.14. The minimum atomic E-state index is -0.685. The Hall–Kier alpha value is -2.59. The predicted molar refractivity (Wildman–Crippen MR) is 104 cm³/mol. The van der Waals surface area contributed by atoms with E-state index in [9.17, 15) is 14.9 Å². The Morgan fingerprint density at radius 3 is 2.44 bits per heavy atom. The standard InChI is InChI=1S/C20H22N2O4S/c1-4-25-16(23)12-27-19-15(11-21)18(14-9-7-6-8-10-14)17(13(3)22-19)20(24)26-5-2/h6-10,15,18H,4-5,12H2,1-3H3/t15?,18-/m1/s1. The molecule has 0 saturated carbocycles. The number of rotatable bonds is 6. The van der Waals surface area contributed by atoms with Crippen molar-refractivity contribution in [1.29, 1.82) is 5.26 Å². The molecule has 27 heavy (non-hydrogen) atoms. The number of hydrogen-bond donors (Lipinski definition) is 0. The maximum Gasteiger partial charge on any atom is 0.336 e. The Morgan fingerprint density at radius 2 is 1.85 bits per heavy atom. The molecule has 1 aliphatic rings. The number of carbonyl (C=O) groups excluding carboxylic acids is 2. The van der Waals surface area contributed by atoms with Crippen molar-refractivity contribution >= 4 is 28.7 Å². The third-order valence-electron chi connectivity index (χ3n) is 4.01. The van der Waals surface area contributed by atoms with Gasteiger partial charge in [0.15, 0.2) is 0 Å². The number of ether oxygens (including phenoxy) is 2. The van der Waals surface area contributed by atoms with Crippen LogP contribution in [0.15, 0.2) is 46.6 Å². The lowest BCUT2D eigenvalue weighted by Gasteiger charge is -2.29. The minimum absolute atomic E-state index is 0.0639. The lowest BCUT2D eigenvalue weighted by atomic mass is 9.79. The first-order chi connectivity index (χ1) is 13.0. The summed E-state index contributed by atoms with van der Waals surface area (Å²) in [5.41, 5.74) is 1.71. The van der Waals surface area contributed by atoms with Gasteiger partial charge in [-0.05, 0) is 26.3 Å². The summed E-state index contributed by atoms with van der Waals surface area (Å²) in [6, 6.07) is 11.6. The molecule has 0 fully saturated rings. The molecule has 2 rings (SSSR count). The van der Waals surface area contributed by atoms with E-state index in [-0.39, 0.29) is 18.3 Å². The number of carbonyl (C=O) groups is 2. The molecule has 0 amide bonds. The first-order valence-electron chi connectivity index (χ1n) is 8.72. The van der Waals surface area contributed by atoms with E-state index in [4.69, 9.17) is 9.47 Å². The molecule has 2 atom stereocenters. The van der Waals surface area contributed by atoms with E-state index in [1.165, 1.54) is 11.8 Å². The Morgan fingerprint density at radius 1 is 1.19 bits per heavy atom. The second-order valence-corrected chi connectivity index (χ2v) is 6.75. The van der Waals surface area contributed by atoms with Gasteiger partial charge in [0.2, 0.25) is 0 Å². The van der Waals surface area contributed by atoms with E-state index in [1.807, 2.05) is 30.3 Å². The lowest BCUT2D eigenvalue weighted by Crippen LogP contribution is -2.30. The summed E-state index contributed by atoms with van der Waals surface area (Å²) in [5.74, 6) is -1.96. The maximum atomic E-state index is 12.6. The number of hydrogen-bond acceptors (Lipinski definition) is 7. The van der Waals surface area contributed by atoms with Crippen LogP contribution in [0.4, 0.5) is 0 Å². The third kappa shape index (κ3) is 4.98. The molecule has 0 saturated heterocycles. The highest BCUT2D eigenvalue weighted by atomic mass is 32.2. The molecule has 7 heteroatoms. The number of benzene rings is 1. The van der Waals surface area contributed by atoms with Crippen molar-refractivity contribution in [3.63, 3.8) is 0 Å². The summed E-state index contributed by atoms with van der Waals surface area (Å²) in [4.78, 5) is 28.7. The maximum absolute atomic E-state index is 12.6. The summed E-state index contributed by atoms with van der Waals surface area (Å²) in [6.07, 6.45) is 0.